The van der Waals surface area contributed by atoms with Crippen molar-refractivity contribution in [1.29, 1.82) is 0 Å². The Morgan fingerprint density at radius 2 is 1.86 bits per heavy atom. The van der Waals surface area contributed by atoms with Gasteiger partial charge in [0.05, 0.1) is 19.7 Å². The van der Waals surface area contributed by atoms with Crippen LogP contribution in [0.25, 0.3) is 11.5 Å². The number of aryl methyl sites for hydroxylation is 1. The van der Waals surface area contributed by atoms with Crippen molar-refractivity contribution >= 4 is 0 Å². The molecule has 1 fully saturated rings. The third kappa shape index (κ3) is 4.05. The van der Waals surface area contributed by atoms with E-state index < -0.39 is 0 Å². The van der Waals surface area contributed by atoms with Gasteiger partial charge in [0.25, 0.3) is 0 Å². The molecule has 0 spiro atoms. The summed E-state index contributed by atoms with van der Waals surface area (Å²) < 4.78 is 16.3. The van der Waals surface area contributed by atoms with Crippen LogP contribution in [0.1, 0.15) is 30.6 Å². The molecule has 2 aromatic heterocycles. The molecule has 148 valence electrons. The van der Waals surface area contributed by atoms with Crippen molar-refractivity contribution in [2.45, 2.75) is 26.4 Å². The molecule has 0 N–H and O–H groups in total. The van der Waals surface area contributed by atoms with Gasteiger partial charge in [-0.1, -0.05) is 5.16 Å². The van der Waals surface area contributed by atoms with Crippen molar-refractivity contribution in [2.75, 3.05) is 33.3 Å². The highest BCUT2D eigenvalue weighted by Crippen LogP contribution is 2.23. The first kappa shape index (κ1) is 18.6. The molecular weight excluding hydrogens is 360 g/mol. The van der Waals surface area contributed by atoms with Crippen LogP contribution in [-0.4, -0.2) is 63.4 Å². The fraction of sp³-hybridized carbons (Fsp3) is 0.474. The van der Waals surface area contributed by atoms with Gasteiger partial charge in [-0.3, -0.25) is 9.80 Å². The molecule has 3 heterocycles. The highest BCUT2D eigenvalue weighted by molar-refractivity contribution is 5.53. The van der Waals surface area contributed by atoms with Crippen LogP contribution in [0.3, 0.4) is 0 Å². The number of hydrogen-bond donors (Lipinski definition) is 0. The lowest BCUT2D eigenvalue weighted by molar-refractivity contribution is 0.0799. The Balaban J connectivity index is 1.32. The summed E-state index contributed by atoms with van der Waals surface area (Å²) in [6.45, 7) is 8.24. The molecule has 0 amide bonds. The lowest BCUT2D eigenvalue weighted by Crippen LogP contribution is -2.46. The zero-order valence-corrected chi connectivity index (χ0v) is 16.3. The highest BCUT2D eigenvalue weighted by atomic mass is 16.5. The number of methoxy groups -OCH3 is 1. The molecule has 9 heteroatoms. The Hall–Kier alpha value is -2.78. The summed E-state index contributed by atoms with van der Waals surface area (Å²) in [5.74, 6) is 3.29. The average molecular weight is 384 g/mol. The number of nitrogens with zero attached hydrogens (tertiary/aromatic N) is 6. The standard InChI is InChI=1S/C19H24N6O3/c1-13(18-20-14(2)23-28-18)25-10-8-24(9-11-25)12-17-21-22-19(27-17)15-4-6-16(26-3)7-5-15/h4-7,13H,8-12H2,1-3H3. The quantitative estimate of drug-likeness (QED) is 0.634. The molecule has 28 heavy (non-hydrogen) atoms. The second-order valence-electron chi connectivity index (χ2n) is 6.90. The van der Waals surface area contributed by atoms with Gasteiger partial charge < -0.3 is 13.7 Å². The Morgan fingerprint density at radius 1 is 1.11 bits per heavy atom. The topological polar surface area (TPSA) is 93.6 Å². The van der Waals surface area contributed by atoms with Crippen LogP contribution in [0.15, 0.2) is 33.2 Å². The second-order valence-corrected chi connectivity index (χ2v) is 6.90. The minimum Gasteiger partial charge on any atom is -0.497 e. The van der Waals surface area contributed by atoms with Crippen molar-refractivity contribution in [1.82, 2.24) is 30.1 Å². The largest absolute Gasteiger partial charge is 0.497 e. The van der Waals surface area contributed by atoms with Gasteiger partial charge in [-0.05, 0) is 38.1 Å². The van der Waals surface area contributed by atoms with E-state index in [0.29, 0.717) is 30.0 Å². The predicted octanol–water partition coefficient (Wildman–Crippen LogP) is 2.32. The first-order chi connectivity index (χ1) is 13.6. The number of hydrogen-bond acceptors (Lipinski definition) is 9. The lowest BCUT2D eigenvalue weighted by atomic mass is 10.2. The van der Waals surface area contributed by atoms with E-state index in [1.54, 1.807) is 7.11 Å². The molecule has 1 atom stereocenters. The van der Waals surface area contributed by atoms with E-state index in [-0.39, 0.29) is 6.04 Å². The predicted molar refractivity (Wildman–Crippen MR) is 101 cm³/mol. The van der Waals surface area contributed by atoms with Crippen molar-refractivity contribution in [3.63, 3.8) is 0 Å². The molecule has 0 aliphatic carbocycles. The molecular formula is C19H24N6O3. The Morgan fingerprint density at radius 3 is 2.50 bits per heavy atom. The molecule has 9 nitrogen and oxygen atoms in total. The molecule has 1 aromatic carbocycles. The SMILES string of the molecule is COc1ccc(-c2nnc(CN3CCN(C(C)c4nc(C)no4)CC3)o2)cc1. The van der Waals surface area contributed by atoms with Crippen molar-refractivity contribution in [3.8, 4) is 17.2 Å². The molecule has 0 saturated carbocycles. The van der Waals surface area contributed by atoms with E-state index in [2.05, 4.69) is 37.1 Å². The fourth-order valence-electron chi connectivity index (χ4n) is 3.31. The summed E-state index contributed by atoms with van der Waals surface area (Å²) in [7, 11) is 1.64. The zero-order chi connectivity index (χ0) is 19.5. The number of aromatic nitrogens is 4. The minimum absolute atomic E-state index is 0.119. The summed E-state index contributed by atoms with van der Waals surface area (Å²) in [5, 5.41) is 12.3. The summed E-state index contributed by atoms with van der Waals surface area (Å²) in [4.78, 5) is 9.00. The molecule has 4 rings (SSSR count). The molecule has 0 radical (unpaired) electrons. The molecule has 1 aliphatic rings. The number of piperazine rings is 1. The summed E-state index contributed by atoms with van der Waals surface area (Å²) >= 11 is 0. The van der Waals surface area contributed by atoms with Gasteiger partial charge in [0.2, 0.25) is 17.7 Å². The van der Waals surface area contributed by atoms with E-state index in [4.69, 9.17) is 13.7 Å². The van der Waals surface area contributed by atoms with Gasteiger partial charge in [-0.25, -0.2) is 0 Å². The number of benzene rings is 1. The average Bonchev–Trinajstić information content (AvgIpc) is 3.37. The zero-order valence-electron chi connectivity index (χ0n) is 16.3. The minimum atomic E-state index is 0.119. The Labute approximate surface area is 163 Å². The third-order valence-corrected chi connectivity index (χ3v) is 5.02. The Kier molecular flexibility index (Phi) is 5.36. The maximum absolute atomic E-state index is 5.84. The monoisotopic (exact) mass is 384 g/mol. The maximum Gasteiger partial charge on any atom is 0.247 e. The smallest absolute Gasteiger partial charge is 0.247 e. The van der Waals surface area contributed by atoms with Crippen molar-refractivity contribution in [2.24, 2.45) is 0 Å². The van der Waals surface area contributed by atoms with Crippen LogP contribution in [0, 0.1) is 6.92 Å². The van der Waals surface area contributed by atoms with Gasteiger partial charge in [0.1, 0.15) is 5.75 Å². The normalized spacial score (nSPS) is 17.0. The van der Waals surface area contributed by atoms with Gasteiger partial charge in [-0.15, -0.1) is 10.2 Å². The van der Waals surface area contributed by atoms with Crippen LogP contribution in [0.4, 0.5) is 0 Å². The van der Waals surface area contributed by atoms with Crippen LogP contribution < -0.4 is 4.74 Å². The van der Waals surface area contributed by atoms with Crippen LogP contribution >= 0.6 is 0 Å². The van der Waals surface area contributed by atoms with Crippen LogP contribution in [0.2, 0.25) is 0 Å². The fourth-order valence-corrected chi connectivity index (χ4v) is 3.31. The van der Waals surface area contributed by atoms with Gasteiger partial charge in [-0.2, -0.15) is 4.98 Å². The molecule has 1 saturated heterocycles. The van der Waals surface area contributed by atoms with Crippen molar-refractivity contribution < 1.29 is 13.7 Å². The molecule has 3 aromatic rings. The molecule has 1 aliphatic heterocycles. The van der Waals surface area contributed by atoms with E-state index >= 15 is 0 Å². The number of rotatable bonds is 6. The van der Waals surface area contributed by atoms with Crippen LogP contribution in [-0.2, 0) is 6.54 Å². The van der Waals surface area contributed by atoms with Crippen LogP contribution in [0.5, 0.6) is 5.75 Å². The number of ether oxygens (including phenoxy) is 1. The molecule has 1 unspecified atom stereocenters. The molecule has 0 bridgehead atoms. The van der Waals surface area contributed by atoms with E-state index in [0.717, 1.165) is 37.5 Å². The first-order valence-electron chi connectivity index (χ1n) is 9.36. The summed E-state index contributed by atoms with van der Waals surface area (Å²) in [5.41, 5.74) is 0.882. The summed E-state index contributed by atoms with van der Waals surface area (Å²) in [6, 6.07) is 7.70. The maximum atomic E-state index is 5.84. The van der Waals surface area contributed by atoms with Gasteiger partial charge in [0, 0.05) is 31.7 Å². The van der Waals surface area contributed by atoms with E-state index in [1.165, 1.54) is 0 Å². The van der Waals surface area contributed by atoms with E-state index in [1.807, 2.05) is 31.2 Å². The summed E-state index contributed by atoms with van der Waals surface area (Å²) in [6.07, 6.45) is 0. The van der Waals surface area contributed by atoms with Gasteiger partial charge in [0.15, 0.2) is 5.82 Å². The van der Waals surface area contributed by atoms with Gasteiger partial charge >= 0.3 is 0 Å². The third-order valence-electron chi connectivity index (χ3n) is 5.02. The second kappa shape index (κ2) is 8.07. The van der Waals surface area contributed by atoms with E-state index in [9.17, 15) is 0 Å². The Bertz CT molecular complexity index is 899. The first-order valence-corrected chi connectivity index (χ1v) is 9.36. The highest BCUT2D eigenvalue weighted by Gasteiger charge is 2.26. The van der Waals surface area contributed by atoms with Crippen molar-refractivity contribution in [3.05, 3.63) is 41.9 Å². The lowest BCUT2D eigenvalue weighted by Gasteiger charge is -2.36.